The van der Waals surface area contributed by atoms with Crippen molar-refractivity contribution in [3.8, 4) is 11.5 Å². The minimum Gasteiger partial charge on any atom is -0.493 e. The second-order valence-corrected chi connectivity index (χ2v) is 5.23. The van der Waals surface area contributed by atoms with Crippen LogP contribution in [0.4, 0.5) is 0 Å². The van der Waals surface area contributed by atoms with Crippen molar-refractivity contribution in [1.82, 2.24) is 0 Å². The van der Waals surface area contributed by atoms with Gasteiger partial charge in [0.1, 0.15) is 0 Å². The van der Waals surface area contributed by atoms with Crippen molar-refractivity contribution >= 4 is 15.9 Å². The highest BCUT2D eigenvalue weighted by molar-refractivity contribution is 9.10. The number of aliphatic hydroxyl groups is 1. The summed E-state index contributed by atoms with van der Waals surface area (Å²) in [7, 11) is 3.20. The molecule has 102 valence electrons. The summed E-state index contributed by atoms with van der Waals surface area (Å²) in [6, 6.07) is 1.45. The Morgan fingerprint density at radius 2 is 1.83 bits per heavy atom. The Bertz CT molecular complexity index is 421. The van der Waals surface area contributed by atoms with E-state index >= 15 is 0 Å². The Balaban J connectivity index is 3.57. The molecule has 5 heteroatoms. The lowest BCUT2D eigenvalue weighted by Gasteiger charge is -2.23. The third kappa shape index (κ3) is 2.79. The van der Waals surface area contributed by atoms with E-state index < -0.39 is 6.04 Å². The third-order valence-electron chi connectivity index (χ3n) is 2.84. The molecule has 3 N–H and O–H groups in total. The number of nitrogens with two attached hydrogens (primary N) is 1. The molecule has 0 aliphatic heterocycles. The fourth-order valence-electron chi connectivity index (χ4n) is 2.04. The van der Waals surface area contributed by atoms with Crippen LogP contribution in [0.5, 0.6) is 11.5 Å². The van der Waals surface area contributed by atoms with Crippen LogP contribution in [0.3, 0.4) is 0 Å². The first-order valence-corrected chi connectivity index (χ1v) is 6.57. The van der Waals surface area contributed by atoms with E-state index in [2.05, 4.69) is 29.8 Å². The molecule has 1 atom stereocenters. The van der Waals surface area contributed by atoms with E-state index in [-0.39, 0.29) is 12.5 Å². The SMILES string of the molecule is COc1c(Br)cc(C(N)CO)c(C(C)C)c1OC. The largest absolute Gasteiger partial charge is 0.493 e. The average molecular weight is 318 g/mol. The molecular weight excluding hydrogens is 298 g/mol. The highest BCUT2D eigenvalue weighted by Gasteiger charge is 2.23. The first-order chi connectivity index (χ1) is 8.47. The molecule has 1 aromatic carbocycles. The summed E-state index contributed by atoms with van der Waals surface area (Å²) >= 11 is 3.44. The molecule has 1 rings (SSSR count). The summed E-state index contributed by atoms with van der Waals surface area (Å²) in [6.45, 7) is 4.00. The summed E-state index contributed by atoms with van der Waals surface area (Å²) in [5.41, 5.74) is 7.79. The van der Waals surface area contributed by atoms with Crippen molar-refractivity contribution in [3.05, 3.63) is 21.7 Å². The van der Waals surface area contributed by atoms with Gasteiger partial charge >= 0.3 is 0 Å². The normalized spacial score (nSPS) is 12.7. The molecule has 0 bridgehead atoms. The fourth-order valence-corrected chi connectivity index (χ4v) is 2.62. The van der Waals surface area contributed by atoms with Crippen LogP contribution in [0.1, 0.15) is 36.9 Å². The Labute approximate surface area is 116 Å². The van der Waals surface area contributed by atoms with Crippen LogP contribution >= 0.6 is 15.9 Å². The van der Waals surface area contributed by atoms with Crippen LogP contribution in [-0.2, 0) is 0 Å². The van der Waals surface area contributed by atoms with Crippen molar-refractivity contribution in [2.24, 2.45) is 5.73 Å². The van der Waals surface area contributed by atoms with E-state index in [4.69, 9.17) is 15.2 Å². The quantitative estimate of drug-likeness (QED) is 0.876. The molecule has 0 fully saturated rings. The molecular formula is C13H20BrNO3. The fraction of sp³-hybridized carbons (Fsp3) is 0.538. The predicted molar refractivity (Wildman–Crippen MR) is 75.3 cm³/mol. The van der Waals surface area contributed by atoms with E-state index in [9.17, 15) is 5.11 Å². The lowest BCUT2D eigenvalue weighted by atomic mass is 9.92. The summed E-state index contributed by atoms with van der Waals surface area (Å²) < 4.78 is 11.6. The number of hydrogen-bond donors (Lipinski definition) is 2. The molecule has 0 saturated heterocycles. The minimum atomic E-state index is -0.432. The number of rotatable bonds is 5. The van der Waals surface area contributed by atoms with E-state index in [0.29, 0.717) is 11.5 Å². The highest BCUT2D eigenvalue weighted by Crippen LogP contribution is 2.44. The number of ether oxygens (including phenoxy) is 2. The molecule has 0 heterocycles. The van der Waals surface area contributed by atoms with Gasteiger partial charge < -0.3 is 20.3 Å². The van der Waals surface area contributed by atoms with E-state index in [0.717, 1.165) is 15.6 Å². The maximum absolute atomic E-state index is 9.26. The van der Waals surface area contributed by atoms with Gasteiger partial charge in [0.2, 0.25) is 0 Å². The number of halogens is 1. The average Bonchev–Trinajstić information content (AvgIpc) is 2.35. The monoisotopic (exact) mass is 317 g/mol. The molecule has 0 radical (unpaired) electrons. The first-order valence-electron chi connectivity index (χ1n) is 5.78. The van der Waals surface area contributed by atoms with E-state index in [1.807, 2.05) is 6.07 Å². The van der Waals surface area contributed by atoms with Crippen LogP contribution in [-0.4, -0.2) is 25.9 Å². The molecule has 0 spiro atoms. The van der Waals surface area contributed by atoms with Crippen LogP contribution in [0.15, 0.2) is 10.5 Å². The van der Waals surface area contributed by atoms with Gasteiger partial charge in [0.05, 0.1) is 31.3 Å². The van der Waals surface area contributed by atoms with Crippen molar-refractivity contribution in [2.75, 3.05) is 20.8 Å². The Kier molecular flexibility index (Phi) is 5.44. The van der Waals surface area contributed by atoms with Gasteiger partial charge in [0, 0.05) is 5.56 Å². The Morgan fingerprint density at radius 3 is 2.22 bits per heavy atom. The molecule has 0 amide bonds. The van der Waals surface area contributed by atoms with Gasteiger partial charge in [-0.3, -0.25) is 0 Å². The topological polar surface area (TPSA) is 64.7 Å². The summed E-state index contributed by atoms with van der Waals surface area (Å²) in [6.07, 6.45) is 0. The number of benzene rings is 1. The van der Waals surface area contributed by atoms with E-state index in [1.165, 1.54) is 0 Å². The lowest BCUT2D eigenvalue weighted by Crippen LogP contribution is -2.18. The van der Waals surface area contributed by atoms with Gasteiger partial charge in [0.25, 0.3) is 0 Å². The van der Waals surface area contributed by atoms with Crippen molar-refractivity contribution in [2.45, 2.75) is 25.8 Å². The molecule has 0 aliphatic rings. The maximum atomic E-state index is 9.26. The second-order valence-electron chi connectivity index (χ2n) is 4.37. The molecule has 1 unspecified atom stereocenters. The molecule has 18 heavy (non-hydrogen) atoms. The van der Waals surface area contributed by atoms with Crippen LogP contribution < -0.4 is 15.2 Å². The molecule has 0 aliphatic carbocycles. The highest BCUT2D eigenvalue weighted by atomic mass is 79.9. The Hall–Kier alpha value is -0.780. The van der Waals surface area contributed by atoms with Gasteiger partial charge in [-0.05, 0) is 33.5 Å². The van der Waals surface area contributed by atoms with Gasteiger partial charge in [0.15, 0.2) is 11.5 Å². The van der Waals surface area contributed by atoms with Crippen molar-refractivity contribution in [1.29, 1.82) is 0 Å². The van der Waals surface area contributed by atoms with Crippen molar-refractivity contribution < 1.29 is 14.6 Å². The minimum absolute atomic E-state index is 0.109. The van der Waals surface area contributed by atoms with Crippen LogP contribution in [0, 0.1) is 0 Å². The van der Waals surface area contributed by atoms with Crippen molar-refractivity contribution in [3.63, 3.8) is 0 Å². The molecule has 1 aromatic rings. The standard InChI is InChI=1S/C13H20BrNO3/c1-7(2)11-8(10(15)6-16)5-9(14)12(17-3)13(11)18-4/h5,7,10,16H,6,15H2,1-4H3. The van der Waals surface area contributed by atoms with E-state index in [1.54, 1.807) is 14.2 Å². The second kappa shape index (κ2) is 6.41. The summed E-state index contributed by atoms with van der Waals surface area (Å²) in [5, 5.41) is 9.26. The number of aliphatic hydroxyl groups excluding tert-OH is 1. The van der Waals surface area contributed by atoms with Gasteiger partial charge in [-0.15, -0.1) is 0 Å². The maximum Gasteiger partial charge on any atom is 0.175 e. The molecule has 0 saturated carbocycles. The summed E-state index contributed by atoms with van der Waals surface area (Å²) in [5.74, 6) is 1.53. The number of hydrogen-bond acceptors (Lipinski definition) is 4. The zero-order valence-electron chi connectivity index (χ0n) is 11.2. The van der Waals surface area contributed by atoms with Gasteiger partial charge in [-0.1, -0.05) is 13.8 Å². The first kappa shape index (κ1) is 15.3. The smallest absolute Gasteiger partial charge is 0.175 e. The van der Waals surface area contributed by atoms with Crippen LogP contribution in [0.2, 0.25) is 0 Å². The third-order valence-corrected chi connectivity index (χ3v) is 3.43. The molecule has 4 nitrogen and oxygen atoms in total. The van der Waals surface area contributed by atoms with Gasteiger partial charge in [-0.2, -0.15) is 0 Å². The molecule has 0 aromatic heterocycles. The Morgan fingerprint density at radius 1 is 1.28 bits per heavy atom. The summed E-state index contributed by atoms with van der Waals surface area (Å²) in [4.78, 5) is 0. The number of methoxy groups -OCH3 is 2. The van der Waals surface area contributed by atoms with Gasteiger partial charge in [-0.25, -0.2) is 0 Å². The predicted octanol–water partition coefficient (Wildman–Crippen LogP) is 2.58. The zero-order valence-corrected chi connectivity index (χ0v) is 12.7. The zero-order chi connectivity index (χ0) is 13.9. The van der Waals surface area contributed by atoms with Crippen LogP contribution in [0.25, 0.3) is 0 Å². The lowest BCUT2D eigenvalue weighted by molar-refractivity contribution is 0.266.